The molecule has 1 atom stereocenters. The Morgan fingerprint density at radius 3 is 2.35 bits per heavy atom. The van der Waals surface area contributed by atoms with Crippen LogP contribution in [0.25, 0.3) is 0 Å². The second-order valence-electron chi connectivity index (χ2n) is 4.64. The van der Waals surface area contributed by atoms with Crippen LogP contribution in [0.1, 0.15) is 33.6 Å². The first-order valence-electron chi connectivity index (χ1n) is 7.04. The van der Waals surface area contributed by atoms with Gasteiger partial charge in [-0.2, -0.15) is 0 Å². The smallest absolute Gasteiger partial charge is 0.241 e. The van der Waals surface area contributed by atoms with E-state index in [2.05, 4.69) is 5.32 Å². The SMILES string of the molecule is CCCOc1ccc(NC(=O)[C@H](C)N)cc1OCCC. The van der Waals surface area contributed by atoms with Crippen LogP contribution in [0.4, 0.5) is 5.69 Å². The van der Waals surface area contributed by atoms with Crippen LogP contribution >= 0.6 is 0 Å². The number of benzene rings is 1. The minimum atomic E-state index is -0.550. The van der Waals surface area contributed by atoms with Crippen LogP contribution in [-0.2, 0) is 4.79 Å². The molecule has 0 spiro atoms. The summed E-state index contributed by atoms with van der Waals surface area (Å²) >= 11 is 0. The first-order valence-corrected chi connectivity index (χ1v) is 7.04. The number of ether oxygens (including phenoxy) is 2. The molecule has 0 aromatic heterocycles. The number of amides is 1. The first-order chi connectivity index (χ1) is 9.58. The summed E-state index contributed by atoms with van der Waals surface area (Å²) in [5, 5.41) is 2.74. The fourth-order valence-corrected chi connectivity index (χ4v) is 1.50. The van der Waals surface area contributed by atoms with Crippen LogP contribution in [0.3, 0.4) is 0 Å². The fraction of sp³-hybridized carbons (Fsp3) is 0.533. The average Bonchev–Trinajstić information content (AvgIpc) is 2.43. The van der Waals surface area contributed by atoms with Crippen molar-refractivity contribution in [3.8, 4) is 11.5 Å². The Kier molecular flexibility index (Phi) is 6.87. The quantitative estimate of drug-likeness (QED) is 0.767. The Bertz CT molecular complexity index is 433. The standard InChI is InChI=1S/C15H24N2O3/c1-4-8-19-13-7-6-12(17-15(18)11(3)16)10-14(13)20-9-5-2/h6-7,10-11H,4-5,8-9,16H2,1-3H3,(H,17,18)/t11-/m0/s1. The summed E-state index contributed by atoms with van der Waals surface area (Å²) in [6, 6.07) is 4.80. The highest BCUT2D eigenvalue weighted by Crippen LogP contribution is 2.31. The van der Waals surface area contributed by atoms with E-state index >= 15 is 0 Å². The molecule has 20 heavy (non-hydrogen) atoms. The minimum absolute atomic E-state index is 0.228. The minimum Gasteiger partial charge on any atom is -0.490 e. The van der Waals surface area contributed by atoms with Crippen LogP contribution in [0.2, 0.25) is 0 Å². The van der Waals surface area contributed by atoms with E-state index in [1.54, 1.807) is 25.1 Å². The van der Waals surface area contributed by atoms with Crippen molar-refractivity contribution in [1.29, 1.82) is 0 Å². The van der Waals surface area contributed by atoms with Crippen molar-refractivity contribution < 1.29 is 14.3 Å². The summed E-state index contributed by atoms with van der Waals surface area (Å²) in [5.74, 6) is 1.11. The Morgan fingerprint density at radius 1 is 1.20 bits per heavy atom. The van der Waals surface area contributed by atoms with Crippen LogP contribution in [0.5, 0.6) is 11.5 Å². The number of carbonyl (C=O) groups excluding carboxylic acids is 1. The highest BCUT2D eigenvalue weighted by molar-refractivity contribution is 5.94. The summed E-state index contributed by atoms with van der Waals surface area (Å²) in [5.41, 5.74) is 6.18. The zero-order chi connectivity index (χ0) is 15.0. The summed E-state index contributed by atoms with van der Waals surface area (Å²) in [4.78, 5) is 11.6. The maximum absolute atomic E-state index is 11.6. The number of carbonyl (C=O) groups is 1. The molecule has 0 unspecified atom stereocenters. The van der Waals surface area contributed by atoms with Gasteiger partial charge in [-0.15, -0.1) is 0 Å². The molecule has 1 aromatic rings. The Labute approximate surface area is 120 Å². The van der Waals surface area contributed by atoms with Gasteiger partial charge in [-0.25, -0.2) is 0 Å². The van der Waals surface area contributed by atoms with Crippen LogP contribution in [0.15, 0.2) is 18.2 Å². The van der Waals surface area contributed by atoms with Crippen molar-refractivity contribution in [2.24, 2.45) is 5.73 Å². The summed E-state index contributed by atoms with van der Waals surface area (Å²) in [6.45, 7) is 6.96. The van der Waals surface area contributed by atoms with Crippen molar-refractivity contribution in [3.63, 3.8) is 0 Å². The van der Waals surface area contributed by atoms with Gasteiger partial charge in [0.25, 0.3) is 0 Å². The molecule has 0 radical (unpaired) electrons. The molecular weight excluding hydrogens is 256 g/mol. The van der Waals surface area contributed by atoms with Gasteiger partial charge in [-0.05, 0) is 31.9 Å². The number of anilines is 1. The van der Waals surface area contributed by atoms with Crippen LogP contribution < -0.4 is 20.5 Å². The van der Waals surface area contributed by atoms with Gasteiger partial charge in [0.05, 0.1) is 19.3 Å². The third-order valence-corrected chi connectivity index (χ3v) is 2.55. The highest BCUT2D eigenvalue weighted by atomic mass is 16.5. The van der Waals surface area contributed by atoms with Gasteiger partial charge in [0.2, 0.25) is 5.91 Å². The molecule has 0 aliphatic rings. The lowest BCUT2D eigenvalue weighted by molar-refractivity contribution is -0.117. The number of hydrogen-bond acceptors (Lipinski definition) is 4. The highest BCUT2D eigenvalue weighted by Gasteiger charge is 2.11. The Morgan fingerprint density at radius 2 is 1.80 bits per heavy atom. The molecule has 5 heteroatoms. The molecule has 1 aromatic carbocycles. The van der Waals surface area contributed by atoms with Gasteiger partial charge >= 0.3 is 0 Å². The van der Waals surface area contributed by atoms with E-state index in [4.69, 9.17) is 15.2 Å². The molecule has 0 bridgehead atoms. The largest absolute Gasteiger partial charge is 0.490 e. The van der Waals surface area contributed by atoms with E-state index in [9.17, 15) is 4.79 Å². The van der Waals surface area contributed by atoms with Gasteiger partial charge < -0.3 is 20.5 Å². The molecule has 0 aliphatic heterocycles. The lowest BCUT2D eigenvalue weighted by Crippen LogP contribution is -2.32. The van der Waals surface area contributed by atoms with Crippen LogP contribution in [0, 0.1) is 0 Å². The van der Waals surface area contributed by atoms with Gasteiger partial charge in [0.1, 0.15) is 0 Å². The summed E-state index contributed by atoms with van der Waals surface area (Å²) in [7, 11) is 0. The van der Waals surface area contributed by atoms with E-state index in [1.807, 2.05) is 13.8 Å². The first kappa shape index (κ1) is 16.3. The molecule has 1 amide bonds. The predicted molar refractivity (Wildman–Crippen MR) is 80.3 cm³/mol. The second-order valence-corrected chi connectivity index (χ2v) is 4.64. The van der Waals surface area contributed by atoms with E-state index in [-0.39, 0.29) is 5.91 Å². The molecule has 3 N–H and O–H groups in total. The molecule has 1 rings (SSSR count). The van der Waals surface area contributed by atoms with Crippen molar-refractivity contribution in [1.82, 2.24) is 0 Å². The van der Waals surface area contributed by atoms with Crippen molar-refractivity contribution in [2.75, 3.05) is 18.5 Å². The van der Waals surface area contributed by atoms with E-state index in [0.29, 0.717) is 30.4 Å². The van der Waals surface area contributed by atoms with E-state index < -0.39 is 6.04 Å². The number of nitrogens with one attached hydrogen (secondary N) is 1. The molecule has 0 heterocycles. The monoisotopic (exact) mass is 280 g/mol. The lowest BCUT2D eigenvalue weighted by atomic mass is 10.2. The molecule has 0 fully saturated rings. The van der Waals surface area contributed by atoms with E-state index in [0.717, 1.165) is 12.8 Å². The Balaban J connectivity index is 2.85. The molecule has 0 saturated heterocycles. The molecule has 112 valence electrons. The topological polar surface area (TPSA) is 73.6 Å². The second kappa shape index (κ2) is 8.43. The third kappa shape index (κ3) is 5.09. The molecule has 0 aliphatic carbocycles. The summed E-state index contributed by atoms with van der Waals surface area (Å²) in [6.07, 6.45) is 1.83. The normalized spacial score (nSPS) is 11.8. The molecular formula is C15H24N2O3. The maximum Gasteiger partial charge on any atom is 0.241 e. The fourth-order valence-electron chi connectivity index (χ4n) is 1.50. The van der Waals surface area contributed by atoms with Gasteiger partial charge in [0, 0.05) is 11.8 Å². The van der Waals surface area contributed by atoms with Crippen molar-refractivity contribution >= 4 is 11.6 Å². The van der Waals surface area contributed by atoms with Crippen LogP contribution in [-0.4, -0.2) is 25.2 Å². The van der Waals surface area contributed by atoms with Gasteiger partial charge in [0.15, 0.2) is 11.5 Å². The summed E-state index contributed by atoms with van der Waals surface area (Å²) < 4.78 is 11.3. The lowest BCUT2D eigenvalue weighted by Gasteiger charge is -2.14. The Hall–Kier alpha value is -1.75. The number of hydrogen-bond donors (Lipinski definition) is 2. The zero-order valence-corrected chi connectivity index (χ0v) is 12.4. The zero-order valence-electron chi connectivity index (χ0n) is 12.4. The van der Waals surface area contributed by atoms with Gasteiger partial charge in [-0.1, -0.05) is 13.8 Å². The number of nitrogens with two attached hydrogens (primary N) is 1. The molecule has 0 saturated carbocycles. The average molecular weight is 280 g/mol. The predicted octanol–water partition coefficient (Wildman–Crippen LogP) is 2.55. The van der Waals surface area contributed by atoms with Crippen molar-refractivity contribution in [3.05, 3.63) is 18.2 Å². The van der Waals surface area contributed by atoms with Crippen molar-refractivity contribution in [2.45, 2.75) is 39.7 Å². The number of rotatable bonds is 8. The third-order valence-electron chi connectivity index (χ3n) is 2.55. The molecule has 5 nitrogen and oxygen atoms in total. The van der Waals surface area contributed by atoms with E-state index in [1.165, 1.54) is 0 Å². The van der Waals surface area contributed by atoms with Gasteiger partial charge in [-0.3, -0.25) is 4.79 Å². The maximum atomic E-state index is 11.6.